The van der Waals surface area contributed by atoms with Gasteiger partial charge in [-0.15, -0.1) is 0 Å². The van der Waals surface area contributed by atoms with E-state index in [0.717, 1.165) is 16.7 Å². The maximum Gasteiger partial charge on any atom is 0.192 e. The van der Waals surface area contributed by atoms with Gasteiger partial charge in [0.15, 0.2) is 11.5 Å². The number of aromatic nitrogens is 1. The van der Waals surface area contributed by atoms with Crippen LogP contribution in [0.5, 0.6) is 0 Å². The van der Waals surface area contributed by atoms with E-state index < -0.39 is 0 Å². The van der Waals surface area contributed by atoms with Crippen molar-refractivity contribution in [1.29, 1.82) is 0 Å². The third kappa shape index (κ3) is 1.86. The molecule has 0 aliphatic carbocycles. The van der Waals surface area contributed by atoms with Gasteiger partial charge in [0.25, 0.3) is 0 Å². The van der Waals surface area contributed by atoms with E-state index in [1.165, 1.54) is 0 Å². The van der Waals surface area contributed by atoms with Gasteiger partial charge in [0.2, 0.25) is 0 Å². The van der Waals surface area contributed by atoms with Crippen LogP contribution in [0.25, 0.3) is 11.1 Å². The van der Waals surface area contributed by atoms with Gasteiger partial charge in [0.05, 0.1) is 6.61 Å². The normalized spacial score (nSPS) is 13.3. The molecule has 0 fully saturated rings. The zero-order valence-electron chi connectivity index (χ0n) is 8.60. The predicted octanol–water partition coefficient (Wildman–Crippen LogP) is 1.17. The van der Waals surface area contributed by atoms with Crippen LogP contribution in [0.15, 0.2) is 22.6 Å². The Labute approximate surface area is 87.7 Å². The van der Waals surface area contributed by atoms with Crippen LogP contribution in [0, 0.1) is 6.92 Å². The number of aliphatic hydroxyl groups is 1. The van der Waals surface area contributed by atoms with E-state index in [2.05, 4.69) is 4.98 Å². The summed E-state index contributed by atoms with van der Waals surface area (Å²) >= 11 is 0. The van der Waals surface area contributed by atoms with E-state index >= 15 is 0 Å². The molecular formula is C11H14N2O2. The highest BCUT2D eigenvalue weighted by Crippen LogP contribution is 2.21. The predicted molar refractivity (Wildman–Crippen MR) is 57.6 cm³/mol. The van der Waals surface area contributed by atoms with Crippen molar-refractivity contribution < 1.29 is 9.52 Å². The first kappa shape index (κ1) is 10.1. The van der Waals surface area contributed by atoms with E-state index in [1.54, 1.807) is 0 Å². The van der Waals surface area contributed by atoms with Gasteiger partial charge < -0.3 is 15.3 Å². The lowest BCUT2D eigenvalue weighted by Crippen LogP contribution is -2.15. The van der Waals surface area contributed by atoms with Gasteiger partial charge >= 0.3 is 0 Å². The Morgan fingerprint density at radius 3 is 3.00 bits per heavy atom. The number of oxazole rings is 1. The van der Waals surface area contributed by atoms with E-state index in [0.29, 0.717) is 12.4 Å². The molecule has 2 rings (SSSR count). The molecule has 0 aliphatic heterocycles. The summed E-state index contributed by atoms with van der Waals surface area (Å²) in [7, 11) is 0. The Bertz CT molecular complexity index is 461. The molecule has 1 aromatic carbocycles. The molecule has 0 spiro atoms. The number of fused-ring (bicyclic) bond motifs is 1. The van der Waals surface area contributed by atoms with Crippen molar-refractivity contribution in [3.05, 3.63) is 29.7 Å². The van der Waals surface area contributed by atoms with Gasteiger partial charge in [-0.25, -0.2) is 4.98 Å². The molecule has 0 saturated heterocycles. The van der Waals surface area contributed by atoms with Crippen LogP contribution >= 0.6 is 0 Å². The first-order valence-corrected chi connectivity index (χ1v) is 4.92. The summed E-state index contributed by atoms with van der Waals surface area (Å²) in [6.07, 6.45) is 0. The van der Waals surface area contributed by atoms with Gasteiger partial charge in [-0.05, 0) is 17.7 Å². The lowest BCUT2D eigenvalue weighted by molar-refractivity contribution is 0.268. The molecule has 0 radical (unpaired) electrons. The second-order valence-electron chi connectivity index (χ2n) is 3.58. The molecule has 1 atom stereocenters. The number of aliphatic hydroxyl groups excluding tert-OH is 1. The molecule has 1 aromatic heterocycles. The summed E-state index contributed by atoms with van der Waals surface area (Å²) in [4.78, 5) is 4.24. The number of rotatable bonds is 3. The molecule has 0 aliphatic rings. The average molecular weight is 206 g/mol. The van der Waals surface area contributed by atoms with Crippen molar-refractivity contribution in [2.24, 2.45) is 5.73 Å². The largest absolute Gasteiger partial charge is 0.441 e. The Morgan fingerprint density at radius 2 is 2.33 bits per heavy atom. The van der Waals surface area contributed by atoms with Gasteiger partial charge in [-0.2, -0.15) is 0 Å². The topological polar surface area (TPSA) is 72.3 Å². The van der Waals surface area contributed by atoms with Crippen LogP contribution < -0.4 is 5.73 Å². The standard InChI is InChI=1S/C11H14N2O2/c1-7-13-10-4-8(9(5-12)6-14)2-3-11(10)15-7/h2-4,9,14H,5-6,12H2,1H3. The number of nitrogens with zero attached hydrogens (tertiary/aromatic N) is 1. The first-order valence-electron chi connectivity index (χ1n) is 4.92. The molecule has 3 N–H and O–H groups in total. The van der Waals surface area contributed by atoms with Crippen molar-refractivity contribution in [3.63, 3.8) is 0 Å². The summed E-state index contributed by atoms with van der Waals surface area (Å²) in [5.74, 6) is 0.627. The third-order valence-corrected chi connectivity index (χ3v) is 2.49. The lowest BCUT2D eigenvalue weighted by atomic mass is 10.00. The minimum absolute atomic E-state index is 0.0218. The molecule has 15 heavy (non-hydrogen) atoms. The third-order valence-electron chi connectivity index (χ3n) is 2.49. The molecule has 1 unspecified atom stereocenters. The maximum atomic E-state index is 9.13. The second kappa shape index (κ2) is 4.00. The Morgan fingerprint density at radius 1 is 1.53 bits per heavy atom. The van der Waals surface area contributed by atoms with Crippen molar-refractivity contribution in [2.45, 2.75) is 12.8 Å². The van der Waals surface area contributed by atoms with Crippen LogP contribution in [0.3, 0.4) is 0 Å². The lowest BCUT2D eigenvalue weighted by Gasteiger charge is -2.10. The van der Waals surface area contributed by atoms with Crippen molar-refractivity contribution in [1.82, 2.24) is 4.98 Å². The van der Waals surface area contributed by atoms with Crippen LogP contribution in [-0.4, -0.2) is 23.2 Å². The Kier molecular flexibility index (Phi) is 2.70. The van der Waals surface area contributed by atoms with E-state index in [9.17, 15) is 0 Å². The Hall–Kier alpha value is -1.39. The van der Waals surface area contributed by atoms with E-state index in [1.807, 2.05) is 25.1 Å². The first-order chi connectivity index (χ1) is 7.24. The van der Waals surface area contributed by atoms with Gasteiger partial charge in [-0.1, -0.05) is 6.07 Å². The summed E-state index contributed by atoms with van der Waals surface area (Å²) in [6.45, 7) is 2.30. The molecule has 0 amide bonds. The van der Waals surface area contributed by atoms with Crippen LogP contribution in [0.4, 0.5) is 0 Å². The maximum absolute atomic E-state index is 9.13. The van der Waals surface area contributed by atoms with Crippen molar-refractivity contribution in [3.8, 4) is 0 Å². The molecule has 80 valence electrons. The zero-order valence-corrected chi connectivity index (χ0v) is 8.60. The van der Waals surface area contributed by atoms with Crippen LogP contribution in [0.1, 0.15) is 17.4 Å². The number of aryl methyl sites for hydroxylation is 1. The quantitative estimate of drug-likeness (QED) is 0.790. The van der Waals surface area contributed by atoms with Gasteiger partial charge in [0, 0.05) is 19.4 Å². The fraction of sp³-hybridized carbons (Fsp3) is 0.364. The van der Waals surface area contributed by atoms with Crippen molar-refractivity contribution in [2.75, 3.05) is 13.2 Å². The molecule has 4 heteroatoms. The fourth-order valence-corrected chi connectivity index (χ4v) is 1.63. The smallest absolute Gasteiger partial charge is 0.192 e. The average Bonchev–Trinajstić information content (AvgIpc) is 2.59. The SMILES string of the molecule is Cc1nc2cc(C(CN)CO)ccc2o1. The molecular weight excluding hydrogens is 192 g/mol. The molecule has 1 heterocycles. The zero-order chi connectivity index (χ0) is 10.8. The van der Waals surface area contributed by atoms with Gasteiger partial charge in [0.1, 0.15) is 5.52 Å². The number of benzene rings is 1. The number of hydrogen-bond acceptors (Lipinski definition) is 4. The summed E-state index contributed by atoms with van der Waals surface area (Å²) in [5.41, 5.74) is 8.15. The number of nitrogens with two attached hydrogens (primary N) is 1. The molecule has 0 bridgehead atoms. The molecule has 0 saturated carbocycles. The van der Waals surface area contributed by atoms with Crippen molar-refractivity contribution >= 4 is 11.1 Å². The van der Waals surface area contributed by atoms with Crippen LogP contribution in [0.2, 0.25) is 0 Å². The Balaban J connectivity index is 2.45. The molecule has 4 nitrogen and oxygen atoms in total. The highest BCUT2D eigenvalue weighted by molar-refractivity contribution is 5.73. The monoisotopic (exact) mass is 206 g/mol. The highest BCUT2D eigenvalue weighted by Gasteiger charge is 2.10. The van der Waals surface area contributed by atoms with E-state index in [-0.39, 0.29) is 12.5 Å². The minimum Gasteiger partial charge on any atom is -0.441 e. The molecule has 2 aromatic rings. The summed E-state index contributed by atoms with van der Waals surface area (Å²) < 4.78 is 5.37. The van der Waals surface area contributed by atoms with Crippen LogP contribution in [-0.2, 0) is 0 Å². The number of hydrogen-bond donors (Lipinski definition) is 2. The van der Waals surface area contributed by atoms with Gasteiger partial charge in [-0.3, -0.25) is 0 Å². The fourth-order valence-electron chi connectivity index (χ4n) is 1.63. The second-order valence-corrected chi connectivity index (χ2v) is 3.58. The summed E-state index contributed by atoms with van der Waals surface area (Å²) in [6, 6.07) is 5.70. The van der Waals surface area contributed by atoms with E-state index in [4.69, 9.17) is 15.3 Å². The highest BCUT2D eigenvalue weighted by atomic mass is 16.3. The minimum atomic E-state index is -0.0218. The summed E-state index contributed by atoms with van der Waals surface area (Å²) in [5, 5.41) is 9.13.